The fourth-order valence-electron chi connectivity index (χ4n) is 2.76. The molecule has 0 radical (unpaired) electrons. The van der Waals surface area contributed by atoms with Crippen LogP contribution in [0.4, 0.5) is 0 Å². The number of hydrogen-bond donors (Lipinski definition) is 1. The number of nitrogens with zero attached hydrogens (tertiary/aromatic N) is 2. The summed E-state index contributed by atoms with van der Waals surface area (Å²) >= 11 is 0. The first kappa shape index (κ1) is 10.9. The van der Waals surface area contributed by atoms with E-state index >= 15 is 0 Å². The summed E-state index contributed by atoms with van der Waals surface area (Å²) < 4.78 is 0. The molecule has 2 fully saturated rings. The lowest BCUT2D eigenvalue weighted by Gasteiger charge is -2.11. The first-order valence-electron chi connectivity index (χ1n) is 6.24. The second-order valence-electron chi connectivity index (χ2n) is 5.16. The lowest BCUT2D eigenvalue weighted by Crippen LogP contribution is -2.23. The SMILES string of the molecule is CN1CCC(CN=C(N)C2CCCC2)C1. The van der Waals surface area contributed by atoms with Crippen LogP contribution in [0.25, 0.3) is 0 Å². The lowest BCUT2D eigenvalue weighted by atomic mass is 10.1. The molecule has 0 aromatic heterocycles. The van der Waals surface area contributed by atoms with Crippen molar-refractivity contribution in [2.24, 2.45) is 22.6 Å². The molecule has 0 aromatic rings. The fourth-order valence-corrected chi connectivity index (χ4v) is 2.76. The van der Waals surface area contributed by atoms with Crippen LogP contribution in [0, 0.1) is 11.8 Å². The van der Waals surface area contributed by atoms with Gasteiger partial charge in [0.25, 0.3) is 0 Å². The first-order chi connectivity index (χ1) is 7.25. The quantitative estimate of drug-likeness (QED) is 0.565. The molecular formula is C12H23N3. The smallest absolute Gasteiger partial charge is 0.0968 e. The molecule has 1 saturated carbocycles. The number of rotatable bonds is 3. The monoisotopic (exact) mass is 209 g/mol. The van der Waals surface area contributed by atoms with E-state index in [1.807, 2.05) is 0 Å². The predicted octanol–water partition coefficient (Wildman–Crippen LogP) is 1.49. The Morgan fingerprint density at radius 3 is 2.67 bits per heavy atom. The normalized spacial score (nSPS) is 30.2. The van der Waals surface area contributed by atoms with Crippen LogP contribution in [-0.2, 0) is 0 Å². The molecule has 1 saturated heterocycles. The Hall–Kier alpha value is -0.570. The van der Waals surface area contributed by atoms with E-state index in [1.54, 1.807) is 0 Å². The van der Waals surface area contributed by atoms with Gasteiger partial charge in [-0.05, 0) is 38.8 Å². The Balaban J connectivity index is 1.77. The van der Waals surface area contributed by atoms with Crippen LogP contribution in [0.2, 0.25) is 0 Å². The highest BCUT2D eigenvalue weighted by Gasteiger charge is 2.21. The van der Waals surface area contributed by atoms with Crippen LogP contribution < -0.4 is 5.73 Å². The molecule has 3 nitrogen and oxygen atoms in total. The summed E-state index contributed by atoms with van der Waals surface area (Å²) in [7, 11) is 2.18. The molecule has 1 heterocycles. The molecule has 0 amide bonds. The maximum atomic E-state index is 6.03. The molecule has 1 unspecified atom stereocenters. The summed E-state index contributed by atoms with van der Waals surface area (Å²) in [6, 6.07) is 0. The average Bonchev–Trinajstić information content (AvgIpc) is 2.84. The molecule has 86 valence electrons. The van der Waals surface area contributed by atoms with E-state index in [2.05, 4.69) is 16.9 Å². The van der Waals surface area contributed by atoms with Crippen LogP contribution in [0.3, 0.4) is 0 Å². The van der Waals surface area contributed by atoms with Crippen molar-refractivity contribution in [3.63, 3.8) is 0 Å². The highest BCUT2D eigenvalue weighted by Crippen LogP contribution is 2.25. The van der Waals surface area contributed by atoms with Gasteiger partial charge in [0.15, 0.2) is 0 Å². The topological polar surface area (TPSA) is 41.6 Å². The van der Waals surface area contributed by atoms with E-state index in [1.165, 1.54) is 45.2 Å². The van der Waals surface area contributed by atoms with Gasteiger partial charge in [-0.15, -0.1) is 0 Å². The van der Waals surface area contributed by atoms with Gasteiger partial charge in [0, 0.05) is 19.0 Å². The molecule has 0 aromatic carbocycles. The Bertz CT molecular complexity index is 231. The minimum atomic E-state index is 0.601. The second kappa shape index (κ2) is 4.97. The Morgan fingerprint density at radius 2 is 2.07 bits per heavy atom. The Labute approximate surface area is 92.7 Å². The van der Waals surface area contributed by atoms with Gasteiger partial charge in [0.1, 0.15) is 0 Å². The van der Waals surface area contributed by atoms with Gasteiger partial charge in [-0.2, -0.15) is 0 Å². The Morgan fingerprint density at radius 1 is 1.33 bits per heavy atom. The summed E-state index contributed by atoms with van der Waals surface area (Å²) in [4.78, 5) is 6.97. The van der Waals surface area contributed by atoms with Crippen molar-refractivity contribution in [2.45, 2.75) is 32.1 Å². The third kappa shape index (κ3) is 2.94. The van der Waals surface area contributed by atoms with Crippen molar-refractivity contribution in [3.05, 3.63) is 0 Å². The van der Waals surface area contributed by atoms with Gasteiger partial charge >= 0.3 is 0 Å². The zero-order valence-corrected chi connectivity index (χ0v) is 9.78. The van der Waals surface area contributed by atoms with Gasteiger partial charge in [-0.1, -0.05) is 12.8 Å². The zero-order chi connectivity index (χ0) is 10.7. The molecule has 2 rings (SSSR count). The third-order valence-corrected chi connectivity index (χ3v) is 3.79. The van der Waals surface area contributed by atoms with Crippen LogP contribution >= 0.6 is 0 Å². The highest BCUT2D eigenvalue weighted by molar-refractivity contribution is 5.83. The molecule has 2 aliphatic rings. The predicted molar refractivity (Wildman–Crippen MR) is 64.1 cm³/mol. The molecule has 0 bridgehead atoms. The van der Waals surface area contributed by atoms with E-state index in [0.717, 1.165) is 18.3 Å². The Kier molecular flexibility index (Phi) is 3.62. The van der Waals surface area contributed by atoms with E-state index in [0.29, 0.717) is 5.92 Å². The van der Waals surface area contributed by atoms with Gasteiger partial charge in [-0.25, -0.2) is 0 Å². The molecule has 1 aliphatic carbocycles. The number of aliphatic imine (C=N–C) groups is 1. The number of hydrogen-bond acceptors (Lipinski definition) is 2. The van der Waals surface area contributed by atoms with Crippen LogP contribution in [0.15, 0.2) is 4.99 Å². The molecule has 1 atom stereocenters. The minimum absolute atomic E-state index is 0.601. The van der Waals surface area contributed by atoms with Crippen LogP contribution in [-0.4, -0.2) is 37.4 Å². The van der Waals surface area contributed by atoms with Gasteiger partial charge in [-0.3, -0.25) is 4.99 Å². The number of nitrogens with two attached hydrogens (primary N) is 1. The second-order valence-corrected chi connectivity index (χ2v) is 5.16. The maximum absolute atomic E-state index is 6.03. The largest absolute Gasteiger partial charge is 0.387 e. The maximum Gasteiger partial charge on any atom is 0.0968 e. The zero-order valence-electron chi connectivity index (χ0n) is 9.78. The number of amidine groups is 1. The summed E-state index contributed by atoms with van der Waals surface area (Å²) in [6.07, 6.45) is 6.50. The summed E-state index contributed by atoms with van der Waals surface area (Å²) in [5, 5.41) is 0. The standard InChI is InChI=1S/C12H23N3/c1-15-7-6-10(9-15)8-14-12(13)11-4-2-3-5-11/h10-11H,2-9H2,1H3,(H2,13,14). The minimum Gasteiger partial charge on any atom is -0.387 e. The molecule has 1 aliphatic heterocycles. The third-order valence-electron chi connectivity index (χ3n) is 3.79. The lowest BCUT2D eigenvalue weighted by molar-refractivity contribution is 0.397. The van der Waals surface area contributed by atoms with Crippen molar-refractivity contribution in [1.82, 2.24) is 4.90 Å². The van der Waals surface area contributed by atoms with Crippen molar-refractivity contribution >= 4 is 5.84 Å². The first-order valence-corrected chi connectivity index (χ1v) is 6.24. The van der Waals surface area contributed by atoms with E-state index in [9.17, 15) is 0 Å². The summed E-state index contributed by atoms with van der Waals surface area (Å²) in [5.74, 6) is 2.28. The van der Waals surface area contributed by atoms with Gasteiger partial charge in [0.2, 0.25) is 0 Å². The van der Waals surface area contributed by atoms with Gasteiger partial charge in [0.05, 0.1) is 5.84 Å². The molecular weight excluding hydrogens is 186 g/mol. The van der Waals surface area contributed by atoms with Gasteiger partial charge < -0.3 is 10.6 Å². The highest BCUT2D eigenvalue weighted by atomic mass is 15.1. The van der Waals surface area contributed by atoms with Crippen molar-refractivity contribution in [2.75, 3.05) is 26.7 Å². The molecule has 0 spiro atoms. The molecule has 3 heteroatoms. The van der Waals surface area contributed by atoms with Crippen molar-refractivity contribution in [3.8, 4) is 0 Å². The van der Waals surface area contributed by atoms with Crippen molar-refractivity contribution < 1.29 is 0 Å². The van der Waals surface area contributed by atoms with Crippen LogP contribution in [0.1, 0.15) is 32.1 Å². The summed E-state index contributed by atoms with van der Waals surface area (Å²) in [6.45, 7) is 3.37. The molecule has 15 heavy (non-hydrogen) atoms. The number of likely N-dealkylation sites (tertiary alicyclic amines) is 1. The van der Waals surface area contributed by atoms with E-state index in [-0.39, 0.29) is 0 Å². The fraction of sp³-hybridized carbons (Fsp3) is 0.917. The van der Waals surface area contributed by atoms with E-state index in [4.69, 9.17) is 5.73 Å². The molecule has 2 N–H and O–H groups in total. The van der Waals surface area contributed by atoms with Crippen molar-refractivity contribution in [1.29, 1.82) is 0 Å². The summed E-state index contributed by atoms with van der Waals surface area (Å²) in [5.41, 5.74) is 6.03. The van der Waals surface area contributed by atoms with Crippen LogP contribution in [0.5, 0.6) is 0 Å². The van der Waals surface area contributed by atoms with E-state index < -0.39 is 0 Å². The average molecular weight is 209 g/mol.